The van der Waals surface area contributed by atoms with Crippen molar-refractivity contribution < 1.29 is 13.2 Å². The minimum Gasteiger partial charge on any atom is -0.382 e. The first-order chi connectivity index (χ1) is 7.91. The van der Waals surface area contributed by atoms with E-state index in [1.54, 1.807) is 6.07 Å². The van der Waals surface area contributed by atoms with E-state index in [4.69, 9.17) is 0 Å². The number of nitrogens with one attached hydrogen (secondary N) is 1. The summed E-state index contributed by atoms with van der Waals surface area (Å²) in [7, 11) is 0. The van der Waals surface area contributed by atoms with Crippen molar-refractivity contribution in [1.29, 1.82) is 0 Å². The van der Waals surface area contributed by atoms with E-state index in [1.165, 1.54) is 6.07 Å². The van der Waals surface area contributed by atoms with Crippen LogP contribution < -0.4 is 5.32 Å². The summed E-state index contributed by atoms with van der Waals surface area (Å²) in [5, 5.41) is 3.29. The molecule has 0 saturated heterocycles. The fraction of sp³-hybridized carbons (Fsp3) is 0.538. The molecule has 0 fully saturated rings. The van der Waals surface area contributed by atoms with Crippen molar-refractivity contribution in [3.8, 4) is 0 Å². The number of anilines is 1. The molecule has 1 heterocycles. The van der Waals surface area contributed by atoms with Crippen molar-refractivity contribution in [2.75, 3.05) is 5.32 Å². The lowest BCUT2D eigenvalue weighted by molar-refractivity contribution is -0.137. The molecule has 2 rings (SSSR count). The molecular weight excluding hydrogens is 227 g/mol. The highest BCUT2D eigenvalue weighted by Crippen LogP contribution is 2.39. The van der Waals surface area contributed by atoms with Gasteiger partial charge in [-0.1, -0.05) is 13.8 Å². The van der Waals surface area contributed by atoms with Crippen LogP contribution in [0.15, 0.2) is 18.2 Å². The van der Waals surface area contributed by atoms with Gasteiger partial charge in [0.05, 0.1) is 5.56 Å². The molecular formula is C13H16F3N. The summed E-state index contributed by atoms with van der Waals surface area (Å²) in [5.41, 5.74) is 1.08. The lowest BCUT2D eigenvalue weighted by Crippen LogP contribution is -2.26. The average molecular weight is 243 g/mol. The Morgan fingerprint density at radius 3 is 2.65 bits per heavy atom. The lowest BCUT2D eigenvalue weighted by atomic mass is 9.86. The van der Waals surface area contributed by atoms with Crippen molar-refractivity contribution in [2.24, 2.45) is 0 Å². The molecule has 1 aliphatic heterocycles. The van der Waals surface area contributed by atoms with Gasteiger partial charge in [0, 0.05) is 11.7 Å². The fourth-order valence-corrected chi connectivity index (χ4v) is 2.38. The number of hydrogen-bond acceptors (Lipinski definition) is 1. The summed E-state index contributed by atoms with van der Waals surface area (Å²) >= 11 is 0. The fourth-order valence-electron chi connectivity index (χ4n) is 2.38. The van der Waals surface area contributed by atoms with Crippen molar-refractivity contribution in [1.82, 2.24) is 0 Å². The zero-order valence-electron chi connectivity index (χ0n) is 9.93. The Hall–Kier alpha value is -1.19. The minimum atomic E-state index is -4.25. The second-order valence-corrected chi connectivity index (χ2v) is 4.69. The van der Waals surface area contributed by atoms with Crippen LogP contribution in [0.3, 0.4) is 0 Å². The molecule has 0 aromatic heterocycles. The highest BCUT2D eigenvalue weighted by molar-refractivity contribution is 5.57. The molecule has 1 aromatic rings. The zero-order chi connectivity index (χ0) is 12.6. The molecule has 94 valence electrons. The molecule has 1 N–H and O–H groups in total. The van der Waals surface area contributed by atoms with Crippen molar-refractivity contribution in [3.63, 3.8) is 0 Å². The maximum absolute atomic E-state index is 12.6. The third-order valence-corrected chi connectivity index (χ3v) is 3.40. The maximum atomic E-state index is 12.6. The highest BCUT2D eigenvalue weighted by atomic mass is 19.4. The van der Waals surface area contributed by atoms with Gasteiger partial charge in [0.15, 0.2) is 0 Å². The van der Waals surface area contributed by atoms with Crippen LogP contribution in [-0.4, -0.2) is 6.04 Å². The summed E-state index contributed by atoms with van der Waals surface area (Å²) in [5.74, 6) is 0.179. The Morgan fingerprint density at radius 1 is 1.35 bits per heavy atom. The molecule has 1 unspecified atom stereocenters. The first-order valence-electron chi connectivity index (χ1n) is 5.89. The van der Waals surface area contributed by atoms with Crippen LogP contribution in [0.2, 0.25) is 0 Å². The SMILES string of the molecule is CC[C@@H]1CC(C)c2cc(C(F)(F)F)ccc2N1. The van der Waals surface area contributed by atoms with Crippen LogP contribution in [0.1, 0.15) is 43.7 Å². The van der Waals surface area contributed by atoms with Gasteiger partial charge in [-0.3, -0.25) is 0 Å². The summed E-state index contributed by atoms with van der Waals surface area (Å²) in [6.45, 7) is 4.07. The topological polar surface area (TPSA) is 12.0 Å². The lowest BCUT2D eigenvalue weighted by Gasteiger charge is -2.31. The third kappa shape index (κ3) is 2.40. The first-order valence-corrected chi connectivity index (χ1v) is 5.89. The Kier molecular flexibility index (Phi) is 3.06. The van der Waals surface area contributed by atoms with Crippen molar-refractivity contribution >= 4 is 5.69 Å². The molecule has 17 heavy (non-hydrogen) atoms. The van der Waals surface area contributed by atoms with Gasteiger partial charge >= 0.3 is 6.18 Å². The van der Waals surface area contributed by atoms with Crippen LogP contribution in [0.25, 0.3) is 0 Å². The van der Waals surface area contributed by atoms with Gasteiger partial charge in [-0.2, -0.15) is 13.2 Å². The van der Waals surface area contributed by atoms with E-state index in [2.05, 4.69) is 12.2 Å². The summed E-state index contributed by atoms with van der Waals surface area (Å²) in [4.78, 5) is 0. The summed E-state index contributed by atoms with van der Waals surface area (Å²) in [6, 6.07) is 4.35. The minimum absolute atomic E-state index is 0.179. The average Bonchev–Trinajstić information content (AvgIpc) is 2.27. The first kappa shape index (κ1) is 12.3. The number of hydrogen-bond donors (Lipinski definition) is 1. The summed E-state index contributed by atoms with van der Waals surface area (Å²) in [6.07, 6.45) is -2.37. The van der Waals surface area contributed by atoms with Gasteiger partial charge < -0.3 is 5.32 Å². The van der Waals surface area contributed by atoms with E-state index < -0.39 is 11.7 Å². The molecule has 0 saturated carbocycles. The predicted octanol–water partition coefficient (Wildman–Crippen LogP) is 4.40. The van der Waals surface area contributed by atoms with Crippen LogP contribution in [-0.2, 0) is 6.18 Å². The van der Waals surface area contributed by atoms with Crippen LogP contribution in [0, 0.1) is 0 Å². The van der Waals surface area contributed by atoms with E-state index in [1.807, 2.05) is 6.92 Å². The smallest absolute Gasteiger partial charge is 0.382 e. The monoisotopic (exact) mass is 243 g/mol. The van der Waals surface area contributed by atoms with E-state index >= 15 is 0 Å². The van der Waals surface area contributed by atoms with Gasteiger partial charge in [0.25, 0.3) is 0 Å². The van der Waals surface area contributed by atoms with E-state index in [9.17, 15) is 13.2 Å². The quantitative estimate of drug-likeness (QED) is 0.770. The maximum Gasteiger partial charge on any atom is 0.416 e. The van der Waals surface area contributed by atoms with Crippen molar-refractivity contribution in [2.45, 2.75) is 44.8 Å². The normalized spacial score (nSPS) is 24.1. The van der Waals surface area contributed by atoms with E-state index in [-0.39, 0.29) is 5.92 Å². The molecule has 0 amide bonds. The Morgan fingerprint density at radius 2 is 2.06 bits per heavy atom. The van der Waals surface area contributed by atoms with Crippen LogP contribution in [0.5, 0.6) is 0 Å². The molecule has 0 spiro atoms. The van der Waals surface area contributed by atoms with Crippen LogP contribution >= 0.6 is 0 Å². The van der Waals surface area contributed by atoms with Gasteiger partial charge in [-0.25, -0.2) is 0 Å². The van der Waals surface area contributed by atoms with Gasteiger partial charge in [-0.05, 0) is 42.5 Å². The molecule has 1 aliphatic rings. The van der Waals surface area contributed by atoms with E-state index in [0.717, 1.165) is 30.2 Å². The Bertz CT molecular complexity index is 412. The van der Waals surface area contributed by atoms with Gasteiger partial charge in [0.1, 0.15) is 0 Å². The number of halogens is 3. The molecule has 4 heteroatoms. The number of rotatable bonds is 1. The number of benzene rings is 1. The molecule has 1 aromatic carbocycles. The zero-order valence-corrected chi connectivity index (χ0v) is 9.93. The second kappa shape index (κ2) is 4.24. The van der Waals surface area contributed by atoms with E-state index in [0.29, 0.717) is 6.04 Å². The second-order valence-electron chi connectivity index (χ2n) is 4.69. The van der Waals surface area contributed by atoms with Gasteiger partial charge in [-0.15, -0.1) is 0 Å². The Labute approximate surface area is 99.0 Å². The summed E-state index contributed by atoms with van der Waals surface area (Å²) < 4.78 is 37.8. The van der Waals surface area contributed by atoms with Crippen molar-refractivity contribution in [3.05, 3.63) is 29.3 Å². The molecule has 1 nitrogen and oxygen atoms in total. The standard InChI is InChI=1S/C13H16F3N/c1-3-10-6-8(2)11-7-9(13(14,15)16)4-5-12(11)17-10/h4-5,7-8,10,17H,3,6H2,1-2H3/t8?,10-/m1/s1. The van der Waals surface area contributed by atoms with Crippen LogP contribution in [0.4, 0.5) is 18.9 Å². The highest BCUT2D eigenvalue weighted by Gasteiger charge is 2.32. The van der Waals surface area contributed by atoms with Gasteiger partial charge in [0.2, 0.25) is 0 Å². The molecule has 0 bridgehead atoms. The number of fused-ring (bicyclic) bond motifs is 1. The Balaban J connectivity index is 2.37. The molecule has 2 atom stereocenters. The largest absolute Gasteiger partial charge is 0.416 e. The molecule has 0 radical (unpaired) electrons. The molecule has 0 aliphatic carbocycles. The third-order valence-electron chi connectivity index (χ3n) is 3.40. The predicted molar refractivity (Wildman–Crippen MR) is 62.2 cm³/mol. The number of alkyl halides is 3.